The predicted octanol–water partition coefficient (Wildman–Crippen LogP) is 2.29. The number of nitrogens with zero attached hydrogens (tertiary/aromatic N) is 2. The highest BCUT2D eigenvalue weighted by molar-refractivity contribution is 14.0. The lowest BCUT2D eigenvalue weighted by Gasteiger charge is -2.25. The van der Waals surface area contributed by atoms with Crippen molar-refractivity contribution in [2.24, 2.45) is 4.99 Å². The third-order valence-corrected chi connectivity index (χ3v) is 5.67. The van der Waals surface area contributed by atoms with Crippen LogP contribution in [0.3, 0.4) is 0 Å². The quantitative estimate of drug-likeness (QED) is 0.320. The molecule has 1 aliphatic rings. The number of nitrogens with one attached hydrogen (secondary N) is 2. The Morgan fingerprint density at radius 1 is 1.11 bits per heavy atom. The molecule has 27 heavy (non-hydrogen) atoms. The molecule has 0 radical (unpaired) electrons. The standard InChI is InChI=1S/C19H32N4O2S.HI/c1-3-20-19(22-13-16-23-14-5-4-6-15-23)21-12-11-17-7-9-18(10-8-17)26(2,24)25;/h7-10H,3-6,11-16H2,1-2H3,(H2,20,21,22);1H. The van der Waals surface area contributed by atoms with Crippen molar-refractivity contribution in [1.82, 2.24) is 15.5 Å². The van der Waals surface area contributed by atoms with E-state index in [1.807, 2.05) is 12.1 Å². The maximum Gasteiger partial charge on any atom is 0.191 e. The van der Waals surface area contributed by atoms with Gasteiger partial charge in [-0.25, -0.2) is 8.42 Å². The minimum absolute atomic E-state index is 0. The molecule has 1 heterocycles. The molecular weight excluding hydrogens is 475 g/mol. The van der Waals surface area contributed by atoms with Gasteiger partial charge in [-0.2, -0.15) is 0 Å². The van der Waals surface area contributed by atoms with Crippen molar-refractivity contribution in [3.8, 4) is 0 Å². The lowest BCUT2D eigenvalue weighted by molar-refractivity contribution is 0.235. The maximum atomic E-state index is 11.5. The molecule has 1 aromatic rings. The monoisotopic (exact) mass is 508 g/mol. The molecule has 2 rings (SSSR count). The summed E-state index contributed by atoms with van der Waals surface area (Å²) in [5.74, 6) is 0.845. The van der Waals surface area contributed by atoms with Crippen molar-refractivity contribution in [1.29, 1.82) is 0 Å². The molecule has 6 nitrogen and oxygen atoms in total. The van der Waals surface area contributed by atoms with Crippen LogP contribution in [0.15, 0.2) is 34.2 Å². The minimum atomic E-state index is -3.13. The molecule has 0 aromatic heterocycles. The zero-order valence-corrected chi connectivity index (χ0v) is 19.6. The van der Waals surface area contributed by atoms with Crippen molar-refractivity contribution in [3.05, 3.63) is 29.8 Å². The highest BCUT2D eigenvalue weighted by Crippen LogP contribution is 2.10. The van der Waals surface area contributed by atoms with E-state index in [9.17, 15) is 8.42 Å². The van der Waals surface area contributed by atoms with Gasteiger partial charge in [0.25, 0.3) is 0 Å². The van der Waals surface area contributed by atoms with Crippen LogP contribution in [-0.2, 0) is 16.3 Å². The molecule has 0 saturated carbocycles. The van der Waals surface area contributed by atoms with Gasteiger partial charge < -0.3 is 15.5 Å². The van der Waals surface area contributed by atoms with Crippen LogP contribution in [0.4, 0.5) is 0 Å². The van der Waals surface area contributed by atoms with E-state index >= 15 is 0 Å². The number of aliphatic imine (C=N–C) groups is 1. The van der Waals surface area contributed by atoms with E-state index in [1.165, 1.54) is 38.6 Å². The normalized spacial score (nSPS) is 15.9. The van der Waals surface area contributed by atoms with Gasteiger partial charge in [0.1, 0.15) is 0 Å². The van der Waals surface area contributed by atoms with Gasteiger partial charge in [-0.3, -0.25) is 4.99 Å². The minimum Gasteiger partial charge on any atom is -0.357 e. The smallest absolute Gasteiger partial charge is 0.191 e. The van der Waals surface area contributed by atoms with Gasteiger partial charge >= 0.3 is 0 Å². The summed E-state index contributed by atoms with van der Waals surface area (Å²) in [7, 11) is -3.13. The first-order valence-corrected chi connectivity index (χ1v) is 11.4. The SMILES string of the molecule is CCNC(=NCCN1CCCCC1)NCCc1ccc(S(C)(=O)=O)cc1.I. The maximum absolute atomic E-state index is 11.5. The Bertz CT molecular complexity index is 671. The summed E-state index contributed by atoms with van der Waals surface area (Å²) in [4.78, 5) is 7.51. The van der Waals surface area contributed by atoms with Crippen molar-refractivity contribution in [2.45, 2.75) is 37.5 Å². The molecule has 0 amide bonds. The second-order valence-corrected chi connectivity index (χ2v) is 8.77. The highest BCUT2D eigenvalue weighted by atomic mass is 127. The van der Waals surface area contributed by atoms with Gasteiger partial charge in [-0.05, 0) is 57.0 Å². The van der Waals surface area contributed by atoms with E-state index in [2.05, 4.69) is 27.4 Å². The molecule has 0 unspecified atom stereocenters. The number of benzene rings is 1. The third kappa shape index (κ3) is 9.25. The van der Waals surface area contributed by atoms with Gasteiger partial charge in [0.05, 0.1) is 11.4 Å². The van der Waals surface area contributed by atoms with Gasteiger partial charge in [0, 0.05) is 25.9 Å². The molecule has 1 aromatic carbocycles. The number of guanidine groups is 1. The number of piperidine rings is 1. The van der Waals surface area contributed by atoms with E-state index in [4.69, 9.17) is 0 Å². The first-order valence-electron chi connectivity index (χ1n) is 9.52. The summed E-state index contributed by atoms with van der Waals surface area (Å²) >= 11 is 0. The summed E-state index contributed by atoms with van der Waals surface area (Å²) < 4.78 is 23.0. The molecule has 0 aliphatic carbocycles. The number of rotatable bonds is 8. The van der Waals surface area contributed by atoms with Gasteiger partial charge in [-0.15, -0.1) is 24.0 Å². The summed E-state index contributed by atoms with van der Waals surface area (Å²) in [5, 5.41) is 6.63. The van der Waals surface area contributed by atoms with Gasteiger partial charge in [-0.1, -0.05) is 18.6 Å². The molecule has 1 saturated heterocycles. The van der Waals surface area contributed by atoms with E-state index < -0.39 is 9.84 Å². The van der Waals surface area contributed by atoms with E-state index in [0.717, 1.165) is 44.1 Å². The molecule has 0 spiro atoms. The third-order valence-electron chi connectivity index (χ3n) is 4.54. The van der Waals surface area contributed by atoms with Crippen LogP contribution in [-0.4, -0.2) is 64.8 Å². The topological polar surface area (TPSA) is 73.8 Å². The average molecular weight is 508 g/mol. The number of halogens is 1. The first-order chi connectivity index (χ1) is 12.5. The fraction of sp³-hybridized carbons (Fsp3) is 0.632. The van der Waals surface area contributed by atoms with Crippen molar-refractivity contribution in [3.63, 3.8) is 0 Å². The Labute approximate surface area is 181 Å². The van der Waals surface area contributed by atoms with Crippen molar-refractivity contribution in [2.75, 3.05) is 45.5 Å². The van der Waals surface area contributed by atoms with E-state index in [1.54, 1.807) is 12.1 Å². The van der Waals surface area contributed by atoms with Gasteiger partial charge in [0.2, 0.25) is 0 Å². The zero-order chi connectivity index (χ0) is 18.8. The van der Waals surface area contributed by atoms with Crippen LogP contribution in [0.2, 0.25) is 0 Å². The van der Waals surface area contributed by atoms with Crippen LogP contribution in [0.5, 0.6) is 0 Å². The predicted molar refractivity (Wildman–Crippen MR) is 123 cm³/mol. The number of sulfone groups is 1. The molecule has 8 heteroatoms. The number of hydrogen-bond acceptors (Lipinski definition) is 4. The Morgan fingerprint density at radius 3 is 2.37 bits per heavy atom. The van der Waals surface area contributed by atoms with E-state index in [-0.39, 0.29) is 24.0 Å². The molecule has 154 valence electrons. The molecule has 0 bridgehead atoms. The summed E-state index contributed by atoms with van der Waals surface area (Å²) in [6, 6.07) is 7.09. The number of likely N-dealkylation sites (tertiary alicyclic amines) is 1. The average Bonchev–Trinajstić information content (AvgIpc) is 2.62. The summed E-state index contributed by atoms with van der Waals surface area (Å²) in [5.41, 5.74) is 1.11. The lowest BCUT2D eigenvalue weighted by atomic mass is 10.1. The molecule has 2 N–H and O–H groups in total. The van der Waals surface area contributed by atoms with Crippen LogP contribution in [0.1, 0.15) is 31.7 Å². The molecule has 1 aliphatic heterocycles. The van der Waals surface area contributed by atoms with Gasteiger partial charge in [0.15, 0.2) is 15.8 Å². The molecule has 0 atom stereocenters. The lowest BCUT2D eigenvalue weighted by Crippen LogP contribution is -2.39. The van der Waals surface area contributed by atoms with Crippen molar-refractivity contribution < 1.29 is 8.42 Å². The Hall–Kier alpha value is -0.870. The first kappa shape index (κ1) is 24.2. The molecule has 1 fully saturated rings. The Balaban J connectivity index is 0.00000364. The van der Waals surface area contributed by atoms with E-state index in [0.29, 0.717) is 4.90 Å². The van der Waals surface area contributed by atoms with Crippen LogP contribution in [0.25, 0.3) is 0 Å². The number of hydrogen-bond donors (Lipinski definition) is 2. The second kappa shape index (κ2) is 12.6. The van der Waals surface area contributed by atoms with Crippen LogP contribution in [0, 0.1) is 0 Å². The van der Waals surface area contributed by atoms with Crippen LogP contribution < -0.4 is 10.6 Å². The Kier molecular flexibility index (Phi) is 11.2. The second-order valence-electron chi connectivity index (χ2n) is 6.76. The molecular formula is C19H33IN4O2S. The summed E-state index contributed by atoms with van der Waals surface area (Å²) in [6.45, 7) is 7.87. The zero-order valence-electron chi connectivity index (χ0n) is 16.4. The largest absolute Gasteiger partial charge is 0.357 e. The Morgan fingerprint density at radius 2 is 1.78 bits per heavy atom. The van der Waals surface area contributed by atoms with Crippen molar-refractivity contribution >= 4 is 39.8 Å². The fourth-order valence-corrected chi connectivity index (χ4v) is 3.69. The summed E-state index contributed by atoms with van der Waals surface area (Å²) in [6.07, 6.45) is 6.02. The fourth-order valence-electron chi connectivity index (χ4n) is 3.06. The highest BCUT2D eigenvalue weighted by Gasteiger charge is 2.09. The van der Waals surface area contributed by atoms with Crippen LogP contribution >= 0.6 is 24.0 Å².